The number of rotatable bonds is 3. The lowest BCUT2D eigenvalue weighted by Gasteiger charge is -2.31. The number of imide groups is 1. The summed E-state index contributed by atoms with van der Waals surface area (Å²) in [5, 5.41) is 7.71. The van der Waals surface area contributed by atoms with Crippen molar-refractivity contribution >= 4 is 29.2 Å². The predicted molar refractivity (Wildman–Crippen MR) is 84.9 cm³/mol. The van der Waals surface area contributed by atoms with Crippen molar-refractivity contribution in [3.05, 3.63) is 21.9 Å². The van der Waals surface area contributed by atoms with Crippen LogP contribution in [0.1, 0.15) is 43.0 Å². The summed E-state index contributed by atoms with van der Waals surface area (Å²) in [6.07, 6.45) is 4.34. The van der Waals surface area contributed by atoms with Gasteiger partial charge in [0, 0.05) is 16.5 Å². The van der Waals surface area contributed by atoms with Gasteiger partial charge in [-0.3, -0.25) is 9.59 Å². The highest BCUT2D eigenvalue weighted by atomic mass is 32.1. The average molecular weight is 333 g/mol. The van der Waals surface area contributed by atoms with Crippen molar-refractivity contribution in [2.45, 2.75) is 56.7 Å². The van der Waals surface area contributed by atoms with E-state index in [-0.39, 0.29) is 17.9 Å². The third kappa shape index (κ3) is 2.17. The molecule has 2 fully saturated rings. The molecule has 2 heterocycles. The molecule has 1 spiro atoms. The Balaban J connectivity index is 1.63. The average Bonchev–Trinajstić information content (AvgIpc) is 3.12. The van der Waals surface area contributed by atoms with Crippen LogP contribution in [0.5, 0.6) is 0 Å². The first-order valence-electron chi connectivity index (χ1n) is 8.06. The molecule has 0 bridgehead atoms. The molecule has 2 aliphatic carbocycles. The van der Waals surface area contributed by atoms with Crippen molar-refractivity contribution in [2.24, 2.45) is 0 Å². The van der Waals surface area contributed by atoms with E-state index in [0.29, 0.717) is 6.42 Å². The van der Waals surface area contributed by atoms with Gasteiger partial charge in [0.25, 0.3) is 5.91 Å². The van der Waals surface area contributed by atoms with E-state index in [9.17, 15) is 14.4 Å². The van der Waals surface area contributed by atoms with Crippen LogP contribution in [-0.4, -0.2) is 34.8 Å². The molecule has 0 unspecified atom stereocenters. The Morgan fingerprint density at radius 2 is 2.26 bits per heavy atom. The zero-order chi connectivity index (χ0) is 16.2. The van der Waals surface area contributed by atoms with Crippen molar-refractivity contribution in [3.8, 4) is 0 Å². The fraction of sp³-hybridized carbons (Fsp3) is 0.562. The molecule has 0 aromatic carbocycles. The normalized spacial score (nSPS) is 27.8. The standard InChI is InChI=1S/C16H19N3O3S/c1-9(13(20)17-10-4-5-10)19-14(21)16(18-15(19)22)7-2-3-12-11(16)6-8-23-12/h6,8-10H,2-5,7H2,1H3,(H,17,20)(H,18,22)/t9-,16-/m1/s1. The van der Waals surface area contributed by atoms with Gasteiger partial charge in [-0.25, -0.2) is 9.69 Å². The fourth-order valence-corrected chi connectivity index (χ4v) is 4.53. The van der Waals surface area contributed by atoms with E-state index in [0.717, 1.165) is 41.0 Å². The summed E-state index contributed by atoms with van der Waals surface area (Å²) < 4.78 is 0. The second-order valence-electron chi connectivity index (χ2n) is 6.58. The van der Waals surface area contributed by atoms with Crippen molar-refractivity contribution in [1.82, 2.24) is 15.5 Å². The molecular formula is C16H19N3O3S. The van der Waals surface area contributed by atoms with E-state index in [1.807, 2.05) is 11.4 Å². The molecule has 2 atom stereocenters. The molecule has 122 valence electrons. The molecule has 1 aromatic heterocycles. The van der Waals surface area contributed by atoms with Crippen LogP contribution >= 0.6 is 11.3 Å². The van der Waals surface area contributed by atoms with Crippen molar-refractivity contribution < 1.29 is 14.4 Å². The summed E-state index contributed by atoms with van der Waals surface area (Å²) in [7, 11) is 0. The first-order chi connectivity index (χ1) is 11.0. The van der Waals surface area contributed by atoms with Crippen LogP contribution in [0.25, 0.3) is 0 Å². The van der Waals surface area contributed by atoms with E-state index in [1.165, 1.54) is 0 Å². The Kier molecular flexibility index (Phi) is 3.23. The molecule has 1 aliphatic heterocycles. The lowest BCUT2D eigenvalue weighted by molar-refractivity contribution is -0.138. The van der Waals surface area contributed by atoms with Crippen LogP contribution in [0.2, 0.25) is 0 Å². The van der Waals surface area contributed by atoms with Crippen LogP contribution in [0.15, 0.2) is 11.4 Å². The van der Waals surface area contributed by atoms with E-state index in [4.69, 9.17) is 0 Å². The van der Waals surface area contributed by atoms with Crippen LogP contribution in [0, 0.1) is 0 Å². The summed E-state index contributed by atoms with van der Waals surface area (Å²) in [4.78, 5) is 40.0. The van der Waals surface area contributed by atoms with Crippen molar-refractivity contribution in [3.63, 3.8) is 0 Å². The summed E-state index contributed by atoms with van der Waals surface area (Å²) in [5.41, 5.74) is -0.0666. The molecule has 1 saturated carbocycles. The molecule has 3 aliphatic rings. The third-order valence-electron chi connectivity index (χ3n) is 4.97. The first-order valence-corrected chi connectivity index (χ1v) is 8.94. The Labute approximate surface area is 138 Å². The first kappa shape index (κ1) is 14.7. The Morgan fingerprint density at radius 1 is 1.48 bits per heavy atom. The number of nitrogens with one attached hydrogen (secondary N) is 2. The molecule has 4 rings (SSSR count). The topological polar surface area (TPSA) is 78.5 Å². The van der Waals surface area contributed by atoms with E-state index in [1.54, 1.807) is 18.3 Å². The second kappa shape index (κ2) is 5.06. The highest BCUT2D eigenvalue weighted by Crippen LogP contribution is 2.42. The molecule has 1 saturated heterocycles. The maximum atomic E-state index is 13.1. The number of hydrogen-bond donors (Lipinski definition) is 2. The monoisotopic (exact) mass is 333 g/mol. The Hall–Kier alpha value is -1.89. The predicted octanol–water partition coefficient (Wildman–Crippen LogP) is 1.50. The van der Waals surface area contributed by atoms with Crippen LogP contribution in [0.3, 0.4) is 0 Å². The lowest BCUT2D eigenvalue weighted by Crippen LogP contribution is -2.50. The van der Waals surface area contributed by atoms with E-state index < -0.39 is 17.6 Å². The molecule has 2 N–H and O–H groups in total. The number of aryl methyl sites for hydroxylation is 1. The minimum atomic E-state index is -0.973. The highest BCUT2D eigenvalue weighted by Gasteiger charge is 2.56. The molecule has 1 aromatic rings. The summed E-state index contributed by atoms with van der Waals surface area (Å²) in [6, 6.07) is 0.882. The van der Waals surface area contributed by atoms with Gasteiger partial charge in [0.2, 0.25) is 5.91 Å². The van der Waals surface area contributed by atoms with Gasteiger partial charge in [-0.15, -0.1) is 11.3 Å². The lowest BCUT2D eigenvalue weighted by atomic mass is 9.80. The summed E-state index contributed by atoms with van der Waals surface area (Å²) in [6.45, 7) is 1.62. The molecule has 23 heavy (non-hydrogen) atoms. The van der Waals surface area contributed by atoms with Gasteiger partial charge in [-0.05, 0) is 50.5 Å². The molecular weight excluding hydrogens is 314 g/mol. The van der Waals surface area contributed by atoms with Crippen LogP contribution in [-0.2, 0) is 21.5 Å². The van der Waals surface area contributed by atoms with Gasteiger partial charge in [0.05, 0.1) is 0 Å². The van der Waals surface area contributed by atoms with E-state index >= 15 is 0 Å². The fourth-order valence-electron chi connectivity index (χ4n) is 3.53. The number of hydrogen-bond acceptors (Lipinski definition) is 4. The van der Waals surface area contributed by atoms with Crippen molar-refractivity contribution in [2.75, 3.05) is 0 Å². The zero-order valence-electron chi connectivity index (χ0n) is 12.9. The van der Waals surface area contributed by atoms with E-state index in [2.05, 4.69) is 10.6 Å². The third-order valence-corrected chi connectivity index (χ3v) is 5.96. The maximum absolute atomic E-state index is 13.1. The number of amides is 4. The van der Waals surface area contributed by atoms with Gasteiger partial charge in [0.1, 0.15) is 11.6 Å². The minimum Gasteiger partial charge on any atom is -0.352 e. The molecule has 7 heteroatoms. The number of nitrogens with zero attached hydrogens (tertiary/aromatic N) is 1. The molecule has 4 amide bonds. The quantitative estimate of drug-likeness (QED) is 0.823. The number of carbonyl (C=O) groups is 3. The van der Waals surface area contributed by atoms with Gasteiger partial charge in [0.15, 0.2) is 0 Å². The van der Waals surface area contributed by atoms with Gasteiger partial charge >= 0.3 is 6.03 Å². The summed E-state index contributed by atoms with van der Waals surface area (Å²) in [5.74, 6) is -0.547. The van der Waals surface area contributed by atoms with Crippen LogP contribution < -0.4 is 10.6 Å². The number of carbonyl (C=O) groups excluding carboxylic acids is 3. The zero-order valence-corrected chi connectivity index (χ0v) is 13.7. The van der Waals surface area contributed by atoms with Gasteiger partial charge < -0.3 is 10.6 Å². The smallest absolute Gasteiger partial charge is 0.326 e. The second-order valence-corrected chi connectivity index (χ2v) is 7.58. The summed E-state index contributed by atoms with van der Waals surface area (Å²) >= 11 is 1.62. The molecule has 6 nitrogen and oxygen atoms in total. The number of urea groups is 1. The Morgan fingerprint density at radius 3 is 3.00 bits per heavy atom. The largest absolute Gasteiger partial charge is 0.352 e. The number of fused-ring (bicyclic) bond motifs is 2. The SMILES string of the molecule is C[C@H](C(=O)NC1CC1)N1C(=O)N[C@@]2(CCCc3sccc32)C1=O. The minimum absolute atomic E-state index is 0.206. The van der Waals surface area contributed by atoms with Crippen LogP contribution in [0.4, 0.5) is 4.79 Å². The Bertz CT molecular complexity index is 696. The van der Waals surface area contributed by atoms with Gasteiger partial charge in [-0.1, -0.05) is 0 Å². The van der Waals surface area contributed by atoms with Crippen molar-refractivity contribution in [1.29, 1.82) is 0 Å². The maximum Gasteiger partial charge on any atom is 0.326 e. The molecule has 0 radical (unpaired) electrons. The number of thiophene rings is 1. The highest BCUT2D eigenvalue weighted by molar-refractivity contribution is 7.10. The van der Waals surface area contributed by atoms with Gasteiger partial charge in [-0.2, -0.15) is 0 Å².